The first-order valence-electron chi connectivity index (χ1n) is 6.61. The number of ether oxygens (including phenoxy) is 1. The molecule has 21 heavy (non-hydrogen) atoms. The average molecular weight is 309 g/mol. The number of aromatic nitrogens is 2. The van der Waals surface area contributed by atoms with Crippen molar-refractivity contribution < 1.29 is 14.6 Å². The van der Waals surface area contributed by atoms with Crippen LogP contribution in [0.25, 0.3) is 0 Å². The van der Waals surface area contributed by atoms with Gasteiger partial charge in [-0.2, -0.15) is 5.10 Å². The van der Waals surface area contributed by atoms with Crippen LogP contribution in [0.3, 0.4) is 0 Å². The number of carboxylic acid groups (broad SMARTS) is 1. The average Bonchev–Trinajstić information content (AvgIpc) is 2.72. The fourth-order valence-electron chi connectivity index (χ4n) is 2.13. The van der Waals surface area contributed by atoms with Gasteiger partial charge < -0.3 is 9.84 Å². The van der Waals surface area contributed by atoms with E-state index in [1.54, 1.807) is 29.8 Å². The van der Waals surface area contributed by atoms with Gasteiger partial charge in [0.15, 0.2) is 0 Å². The molecule has 0 radical (unpaired) electrons. The Bertz CT molecular complexity index is 680. The van der Waals surface area contributed by atoms with Crippen LogP contribution in [0.1, 0.15) is 34.2 Å². The van der Waals surface area contributed by atoms with Crippen LogP contribution in [0, 0.1) is 6.92 Å². The van der Waals surface area contributed by atoms with E-state index in [4.69, 9.17) is 21.4 Å². The number of carbonyl (C=O) groups is 1. The van der Waals surface area contributed by atoms with Crippen molar-refractivity contribution in [2.24, 2.45) is 7.05 Å². The van der Waals surface area contributed by atoms with Crippen LogP contribution >= 0.6 is 11.6 Å². The number of rotatable bonds is 5. The van der Waals surface area contributed by atoms with Gasteiger partial charge in [0, 0.05) is 12.6 Å². The Hall–Kier alpha value is -2.01. The summed E-state index contributed by atoms with van der Waals surface area (Å²) in [6.45, 7) is 3.95. The lowest BCUT2D eigenvalue weighted by atomic mass is 10.1. The maximum Gasteiger partial charge on any atom is 0.336 e. The summed E-state index contributed by atoms with van der Waals surface area (Å²) in [5.74, 6) is -0.435. The molecule has 0 amide bonds. The second-order valence-corrected chi connectivity index (χ2v) is 5.09. The third-order valence-electron chi connectivity index (χ3n) is 3.38. The van der Waals surface area contributed by atoms with Gasteiger partial charge in [-0.05, 0) is 25.5 Å². The Morgan fingerprint density at radius 3 is 2.76 bits per heavy atom. The van der Waals surface area contributed by atoms with E-state index in [1.807, 2.05) is 14.0 Å². The van der Waals surface area contributed by atoms with Gasteiger partial charge in [-0.25, -0.2) is 4.79 Å². The molecule has 0 aliphatic carbocycles. The van der Waals surface area contributed by atoms with E-state index >= 15 is 0 Å². The molecule has 0 fully saturated rings. The first-order valence-corrected chi connectivity index (χ1v) is 6.99. The Balaban J connectivity index is 2.23. The van der Waals surface area contributed by atoms with Crippen LogP contribution in [-0.4, -0.2) is 20.9 Å². The number of halogens is 1. The van der Waals surface area contributed by atoms with Crippen molar-refractivity contribution in [1.82, 2.24) is 9.78 Å². The van der Waals surface area contributed by atoms with Crippen LogP contribution in [0.4, 0.5) is 0 Å². The third-order valence-corrected chi connectivity index (χ3v) is 3.82. The van der Waals surface area contributed by atoms with Crippen molar-refractivity contribution in [3.05, 3.63) is 45.7 Å². The maximum absolute atomic E-state index is 11.1. The van der Waals surface area contributed by atoms with Gasteiger partial charge in [-0.15, -0.1) is 0 Å². The van der Waals surface area contributed by atoms with Gasteiger partial charge in [-0.3, -0.25) is 4.68 Å². The van der Waals surface area contributed by atoms with Gasteiger partial charge in [-0.1, -0.05) is 24.6 Å². The van der Waals surface area contributed by atoms with Gasteiger partial charge in [0.2, 0.25) is 0 Å². The van der Waals surface area contributed by atoms with Crippen molar-refractivity contribution in [3.8, 4) is 5.75 Å². The van der Waals surface area contributed by atoms with Crippen LogP contribution < -0.4 is 4.74 Å². The number of hydrogen-bond acceptors (Lipinski definition) is 3. The Kier molecular flexibility index (Phi) is 4.53. The van der Waals surface area contributed by atoms with E-state index in [0.717, 1.165) is 17.8 Å². The number of aromatic carboxylic acids is 1. The normalized spacial score (nSPS) is 10.7. The summed E-state index contributed by atoms with van der Waals surface area (Å²) in [4.78, 5) is 11.1. The SMILES string of the molecule is CCc1nn(C)c(COc2cccc(C(=O)O)c2C)c1Cl. The van der Waals surface area contributed by atoms with Gasteiger partial charge in [0.25, 0.3) is 0 Å². The van der Waals surface area contributed by atoms with Crippen molar-refractivity contribution in [3.63, 3.8) is 0 Å². The topological polar surface area (TPSA) is 64.4 Å². The molecule has 0 spiro atoms. The first-order chi connectivity index (χ1) is 9.95. The molecule has 0 unspecified atom stereocenters. The van der Waals surface area contributed by atoms with E-state index in [1.165, 1.54) is 0 Å². The Labute approximate surface area is 128 Å². The molecule has 112 valence electrons. The fourth-order valence-corrected chi connectivity index (χ4v) is 2.47. The number of hydrogen-bond donors (Lipinski definition) is 1. The summed E-state index contributed by atoms with van der Waals surface area (Å²) in [6, 6.07) is 4.96. The molecule has 5 nitrogen and oxygen atoms in total. The van der Waals surface area contributed by atoms with E-state index in [-0.39, 0.29) is 12.2 Å². The van der Waals surface area contributed by atoms with Crippen LogP contribution in [-0.2, 0) is 20.1 Å². The molecule has 1 aromatic heterocycles. The lowest BCUT2D eigenvalue weighted by molar-refractivity contribution is 0.0695. The Morgan fingerprint density at radius 1 is 1.48 bits per heavy atom. The monoisotopic (exact) mass is 308 g/mol. The summed E-state index contributed by atoms with van der Waals surface area (Å²) in [5.41, 5.74) is 2.43. The minimum Gasteiger partial charge on any atom is -0.487 e. The molecule has 1 aromatic carbocycles. The lowest BCUT2D eigenvalue weighted by Gasteiger charge is -2.11. The predicted molar refractivity (Wildman–Crippen MR) is 80.1 cm³/mol. The quantitative estimate of drug-likeness (QED) is 0.921. The molecule has 0 atom stereocenters. The highest BCUT2D eigenvalue weighted by Crippen LogP contribution is 2.25. The van der Waals surface area contributed by atoms with Gasteiger partial charge in [0.1, 0.15) is 12.4 Å². The van der Waals surface area contributed by atoms with E-state index in [0.29, 0.717) is 16.3 Å². The minimum absolute atomic E-state index is 0.234. The summed E-state index contributed by atoms with van der Waals surface area (Å²) < 4.78 is 7.42. The summed E-state index contributed by atoms with van der Waals surface area (Å²) in [5, 5.41) is 14.0. The molecule has 6 heteroatoms. The van der Waals surface area contributed by atoms with E-state index in [9.17, 15) is 4.79 Å². The number of benzene rings is 1. The third kappa shape index (κ3) is 3.03. The molecule has 0 aliphatic rings. The highest BCUT2D eigenvalue weighted by Gasteiger charge is 2.15. The zero-order valence-corrected chi connectivity index (χ0v) is 12.9. The highest BCUT2D eigenvalue weighted by atomic mass is 35.5. The van der Waals surface area contributed by atoms with Crippen molar-refractivity contribution in [1.29, 1.82) is 0 Å². The fraction of sp³-hybridized carbons (Fsp3) is 0.333. The van der Waals surface area contributed by atoms with Crippen molar-refractivity contribution in [2.75, 3.05) is 0 Å². The molecular formula is C15H17ClN2O3. The largest absolute Gasteiger partial charge is 0.487 e. The maximum atomic E-state index is 11.1. The molecule has 2 aromatic rings. The molecule has 1 N–H and O–H groups in total. The van der Waals surface area contributed by atoms with Crippen molar-refractivity contribution in [2.45, 2.75) is 26.9 Å². The zero-order valence-electron chi connectivity index (χ0n) is 12.2. The summed E-state index contributed by atoms with van der Waals surface area (Å²) in [7, 11) is 1.81. The van der Waals surface area contributed by atoms with Crippen LogP contribution in [0.15, 0.2) is 18.2 Å². The zero-order chi connectivity index (χ0) is 15.6. The predicted octanol–water partition coefficient (Wildman–Crippen LogP) is 3.22. The molecule has 0 saturated carbocycles. The number of carboxylic acids is 1. The molecule has 0 bridgehead atoms. The molecular weight excluding hydrogens is 292 g/mol. The number of nitrogens with zero attached hydrogens (tertiary/aromatic N) is 2. The van der Waals surface area contributed by atoms with Gasteiger partial charge in [0.05, 0.1) is 22.0 Å². The molecule has 0 aliphatic heterocycles. The highest BCUT2D eigenvalue weighted by molar-refractivity contribution is 6.31. The Morgan fingerprint density at radius 2 is 2.19 bits per heavy atom. The second kappa shape index (κ2) is 6.18. The van der Waals surface area contributed by atoms with E-state index in [2.05, 4.69) is 5.10 Å². The molecule has 0 saturated heterocycles. The lowest BCUT2D eigenvalue weighted by Crippen LogP contribution is -2.06. The molecule has 1 heterocycles. The second-order valence-electron chi connectivity index (χ2n) is 4.71. The molecule has 2 rings (SSSR count). The van der Waals surface area contributed by atoms with Crippen LogP contribution in [0.5, 0.6) is 5.75 Å². The standard InChI is InChI=1S/C15H17ClN2O3/c1-4-11-14(16)12(18(3)17-11)8-21-13-7-5-6-10(9(13)2)15(19)20/h5-7H,4,8H2,1-3H3,(H,19,20). The summed E-state index contributed by atoms with van der Waals surface area (Å²) in [6.07, 6.45) is 0.750. The minimum atomic E-state index is -0.968. The van der Waals surface area contributed by atoms with Crippen molar-refractivity contribution >= 4 is 17.6 Å². The van der Waals surface area contributed by atoms with E-state index < -0.39 is 5.97 Å². The van der Waals surface area contributed by atoms with Gasteiger partial charge >= 0.3 is 5.97 Å². The summed E-state index contributed by atoms with van der Waals surface area (Å²) >= 11 is 6.26. The van der Waals surface area contributed by atoms with Crippen LogP contribution in [0.2, 0.25) is 5.02 Å². The smallest absolute Gasteiger partial charge is 0.336 e. The number of aryl methyl sites for hydroxylation is 2. The first kappa shape index (κ1) is 15.4.